The van der Waals surface area contributed by atoms with Crippen molar-refractivity contribution in [2.24, 2.45) is 0 Å². The molecule has 0 aliphatic rings. The van der Waals surface area contributed by atoms with Crippen LogP contribution >= 0.6 is 0 Å². The highest BCUT2D eigenvalue weighted by Gasteiger charge is 2.18. The topological polar surface area (TPSA) is 38.7 Å². The minimum atomic E-state index is 0.896. The fraction of sp³-hybridized carbons (Fsp3) is 0. The first-order valence-electron chi connectivity index (χ1n) is 17.6. The van der Waals surface area contributed by atoms with Crippen LogP contribution in [-0.2, 0) is 0 Å². The molecule has 0 aliphatic carbocycles. The minimum absolute atomic E-state index is 0.896. The highest BCUT2D eigenvalue weighted by molar-refractivity contribution is 6.18. The summed E-state index contributed by atoms with van der Waals surface area (Å²) in [5.41, 5.74) is 13.5. The maximum atomic E-state index is 5.32. The van der Waals surface area contributed by atoms with Crippen molar-refractivity contribution < 1.29 is 0 Å². The van der Waals surface area contributed by atoms with Gasteiger partial charge in [0.2, 0.25) is 0 Å². The lowest BCUT2D eigenvalue weighted by Crippen LogP contribution is -1.94. The van der Waals surface area contributed by atoms with Gasteiger partial charge in [-0.25, -0.2) is 15.0 Å². The zero-order valence-corrected chi connectivity index (χ0v) is 28.2. The van der Waals surface area contributed by atoms with Crippen LogP contribution in [0.2, 0.25) is 0 Å². The Kier molecular flexibility index (Phi) is 7.14. The summed E-state index contributed by atoms with van der Waals surface area (Å²) < 4.78 is 0. The zero-order chi connectivity index (χ0) is 34.4. The van der Waals surface area contributed by atoms with E-state index in [0.29, 0.717) is 0 Å². The lowest BCUT2D eigenvalue weighted by Gasteiger charge is -2.17. The van der Waals surface area contributed by atoms with E-state index in [1.54, 1.807) is 0 Å². The molecule has 0 amide bonds. The van der Waals surface area contributed by atoms with Crippen LogP contribution in [0.25, 0.3) is 99.5 Å². The van der Waals surface area contributed by atoms with E-state index >= 15 is 0 Å². The molecule has 0 bridgehead atoms. The number of hydrogen-bond donors (Lipinski definition) is 0. The van der Waals surface area contributed by atoms with E-state index in [0.717, 1.165) is 71.9 Å². The molecule has 7 aromatic carbocycles. The molecule has 0 aliphatic heterocycles. The van der Waals surface area contributed by atoms with Gasteiger partial charge in [0.25, 0.3) is 0 Å². The van der Waals surface area contributed by atoms with Gasteiger partial charge in [-0.1, -0.05) is 164 Å². The van der Waals surface area contributed by atoms with Crippen LogP contribution in [0.3, 0.4) is 0 Å². The highest BCUT2D eigenvalue weighted by Crippen LogP contribution is 2.42. The summed E-state index contributed by atoms with van der Waals surface area (Å²) in [4.78, 5) is 15.8. The first-order chi connectivity index (χ1) is 25.8. The SMILES string of the molecule is c1ccc(-c2ccc3ccc4ccc(-c5ccc6nc(-c7ccccc7)c7cccc(-c8ccccc8-c8ccccc8)c7c6c5)nc4c3n2)cc1. The molecule has 0 atom stereocenters. The Morgan fingerprint density at radius 2 is 0.846 bits per heavy atom. The monoisotopic (exact) mass is 661 g/mol. The number of benzene rings is 7. The number of pyridine rings is 3. The molecule has 3 heteroatoms. The molecule has 52 heavy (non-hydrogen) atoms. The van der Waals surface area contributed by atoms with Crippen LogP contribution < -0.4 is 0 Å². The second kappa shape index (κ2) is 12.4. The molecule has 242 valence electrons. The number of fused-ring (bicyclic) bond motifs is 6. The van der Waals surface area contributed by atoms with Crippen LogP contribution in [0, 0.1) is 0 Å². The van der Waals surface area contributed by atoms with Crippen molar-refractivity contribution in [1.82, 2.24) is 15.0 Å². The Balaban J connectivity index is 1.22. The summed E-state index contributed by atoms with van der Waals surface area (Å²) in [7, 11) is 0. The van der Waals surface area contributed by atoms with Gasteiger partial charge < -0.3 is 0 Å². The average Bonchev–Trinajstić information content (AvgIpc) is 3.23. The maximum absolute atomic E-state index is 5.32. The summed E-state index contributed by atoms with van der Waals surface area (Å²) in [6.45, 7) is 0. The average molecular weight is 662 g/mol. The third-order valence-corrected chi connectivity index (χ3v) is 10.1. The minimum Gasteiger partial charge on any atom is -0.247 e. The zero-order valence-electron chi connectivity index (χ0n) is 28.2. The summed E-state index contributed by atoms with van der Waals surface area (Å²) in [5.74, 6) is 0. The summed E-state index contributed by atoms with van der Waals surface area (Å²) in [6, 6.07) is 66.2. The van der Waals surface area contributed by atoms with Crippen LogP contribution in [0.1, 0.15) is 0 Å². The summed E-state index contributed by atoms with van der Waals surface area (Å²) >= 11 is 0. The summed E-state index contributed by atoms with van der Waals surface area (Å²) in [6.07, 6.45) is 0. The van der Waals surface area contributed by atoms with Crippen molar-refractivity contribution in [3.05, 3.63) is 188 Å². The van der Waals surface area contributed by atoms with Gasteiger partial charge in [-0.15, -0.1) is 0 Å². The molecule has 0 saturated carbocycles. The van der Waals surface area contributed by atoms with E-state index in [4.69, 9.17) is 15.0 Å². The normalized spacial score (nSPS) is 11.5. The van der Waals surface area contributed by atoms with E-state index < -0.39 is 0 Å². The number of hydrogen-bond acceptors (Lipinski definition) is 3. The molecule has 0 fully saturated rings. The predicted octanol–water partition coefficient (Wildman–Crippen LogP) is 12.8. The number of aromatic nitrogens is 3. The Hall–Kier alpha value is -6.97. The van der Waals surface area contributed by atoms with Gasteiger partial charge in [0.1, 0.15) is 0 Å². The smallest absolute Gasteiger partial charge is 0.0972 e. The molecule has 0 radical (unpaired) electrons. The lowest BCUT2D eigenvalue weighted by atomic mass is 9.88. The van der Waals surface area contributed by atoms with Crippen LogP contribution in [0.4, 0.5) is 0 Å². The van der Waals surface area contributed by atoms with Gasteiger partial charge in [-0.05, 0) is 46.5 Å². The van der Waals surface area contributed by atoms with Crippen LogP contribution in [-0.4, -0.2) is 15.0 Å². The van der Waals surface area contributed by atoms with Gasteiger partial charge >= 0.3 is 0 Å². The second-order valence-electron chi connectivity index (χ2n) is 13.2. The largest absolute Gasteiger partial charge is 0.247 e. The molecule has 10 rings (SSSR count). The molecule has 0 unspecified atom stereocenters. The highest BCUT2D eigenvalue weighted by atomic mass is 14.8. The summed E-state index contributed by atoms with van der Waals surface area (Å²) in [5, 5.41) is 5.52. The first kappa shape index (κ1) is 29.9. The van der Waals surface area contributed by atoms with Crippen molar-refractivity contribution >= 4 is 43.5 Å². The van der Waals surface area contributed by atoms with Gasteiger partial charge in [-0.2, -0.15) is 0 Å². The van der Waals surface area contributed by atoms with Gasteiger partial charge in [-0.3, -0.25) is 0 Å². The van der Waals surface area contributed by atoms with E-state index in [2.05, 4.69) is 170 Å². The molecule has 10 aromatic rings. The molecule has 0 N–H and O–H groups in total. The molecule has 0 saturated heterocycles. The molecular weight excluding hydrogens is 631 g/mol. The Bertz CT molecular complexity index is 2940. The molecule has 0 spiro atoms. The predicted molar refractivity (Wildman–Crippen MR) is 217 cm³/mol. The Labute approximate surface area is 301 Å². The Morgan fingerprint density at radius 1 is 0.308 bits per heavy atom. The number of nitrogens with zero attached hydrogens (tertiary/aromatic N) is 3. The van der Waals surface area contributed by atoms with Crippen molar-refractivity contribution in [1.29, 1.82) is 0 Å². The van der Waals surface area contributed by atoms with Crippen molar-refractivity contribution in [2.45, 2.75) is 0 Å². The third kappa shape index (κ3) is 5.10. The van der Waals surface area contributed by atoms with E-state index in [-0.39, 0.29) is 0 Å². The number of rotatable bonds is 5. The molecule has 3 aromatic heterocycles. The van der Waals surface area contributed by atoms with Crippen molar-refractivity contribution in [3.63, 3.8) is 0 Å². The standard InChI is InChI=1S/C49H31N3/c1-4-13-32(14-5-1)38-19-10-11-20-39(38)40-21-12-22-41-46(40)42-31-37(27-30-45(42)52-47(41)34-17-8-3-9-18-34)44-29-26-36-24-23-35-25-28-43(33-15-6-2-7-16-33)50-48(35)49(36)51-44/h1-31H. The van der Waals surface area contributed by atoms with Gasteiger partial charge in [0.15, 0.2) is 0 Å². The van der Waals surface area contributed by atoms with Crippen molar-refractivity contribution in [2.75, 3.05) is 0 Å². The third-order valence-electron chi connectivity index (χ3n) is 10.1. The Morgan fingerprint density at radius 3 is 1.52 bits per heavy atom. The fourth-order valence-electron chi connectivity index (χ4n) is 7.54. The van der Waals surface area contributed by atoms with Crippen molar-refractivity contribution in [3.8, 4) is 56.0 Å². The molecular formula is C49H31N3. The van der Waals surface area contributed by atoms with Crippen LogP contribution in [0.5, 0.6) is 0 Å². The fourth-order valence-corrected chi connectivity index (χ4v) is 7.54. The quantitative estimate of drug-likeness (QED) is 0.172. The first-order valence-corrected chi connectivity index (χ1v) is 17.6. The van der Waals surface area contributed by atoms with E-state index in [1.165, 1.54) is 27.6 Å². The van der Waals surface area contributed by atoms with Gasteiger partial charge in [0, 0.05) is 43.6 Å². The van der Waals surface area contributed by atoms with Crippen LogP contribution in [0.15, 0.2) is 188 Å². The van der Waals surface area contributed by atoms with Gasteiger partial charge in [0.05, 0.1) is 33.6 Å². The molecule has 3 heterocycles. The van der Waals surface area contributed by atoms with E-state index in [9.17, 15) is 0 Å². The van der Waals surface area contributed by atoms with E-state index in [1.807, 2.05) is 18.2 Å². The lowest BCUT2D eigenvalue weighted by molar-refractivity contribution is 1.36. The maximum Gasteiger partial charge on any atom is 0.0972 e. The second-order valence-corrected chi connectivity index (χ2v) is 13.2. The molecule has 3 nitrogen and oxygen atoms in total.